The van der Waals surface area contributed by atoms with E-state index in [9.17, 15) is 0 Å². The average Bonchev–Trinajstić information content (AvgIpc) is 2.65. The molecular weight excluding hydrogens is 260 g/mol. The van der Waals surface area contributed by atoms with Crippen LogP contribution in [-0.2, 0) is 13.5 Å². The van der Waals surface area contributed by atoms with Gasteiger partial charge in [-0.15, -0.1) is 0 Å². The van der Waals surface area contributed by atoms with Crippen LogP contribution in [0.4, 0.5) is 0 Å². The van der Waals surface area contributed by atoms with Crippen molar-refractivity contribution in [3.05, 3.63) is 46.5 Å². The number of aryl methyl sites for hydroxylation is 2. The Labute approximate surface area is 118 Å². The number of aromatic nitrogens is 3. The molecule has 0 aliphatic rings. The zero-order valence-electron chi connectivity index (χ0n) is 11.5. The molecule has 2 aromatic heterocycles. The van der Waals surface area contributed by atoms with E-state index in [0.29, 0.717) is 5.15 Å². The van der Waals surface area contributed by atoms with E-state index in [1.54, 1.807) is 4.68 Å². The molecule has 1 unspecified atom stereocenters. The van der Waals surface area contributed by atoms with Crippen LogP contribution < -0.4 is 5.32 Å². The number of halogens is 1. The van der Waals surface area contributed by atoms with Crippen LogP contribution in [0.15, 0.2) is 24.4 Å². The number of nitrogens with one attached hydrogen (secondary N) is 1. The van der Waals surface area contributed by atoms with Crippen molar-refractivity contribution in [1.82, 2.24) is 20.1 Å². The Morgan fingerprint density at radius 2 is 2.21 bits per heavy atom. The molecule has 0 aliphatic carbocycles. The lowest BCUT2D eigenvalue weighted by atomic mass is 10.0. The summed E-state index contributed by atoms with van der Waals surface area (Å²) < 4.78 is 1.72. The molecule has 0 bridgehead atoms. The van der Waals surface area contributed by atoms with Gasteiger partial charge in [0.25, 0.3) is 0 Å². The van der Waals surface area contributed by atoms with Gasteiger partial charge in [-0.05, 0) is 32.0 Å². The fourth-order valence-electron chi connectivity index (χ4n) is 2.22. The topological polar surface area (TPSA) is 42.7 Å². The summed E-state index contributed by atoms with van der Waals surface area (Å²) in [6.45, 7) is 4.97. The Bertz CT molecular complexity index is 536. The van der Waals surface area contributed by atoms with E-state index < -0.39 is 0 Å². The van der Waals surface area contributed by atoms with Crippen molar-refractivity contribution >= 4 is 11.6 Å². The largest absolute Gasteiger partial charge is 0.309 e. The van der Waals surface area contributed by atoms with E-state index in [1.165, 1.54) is 0 Å². The van der Waals surface area contributed by atoms with E-state index in [4.69, 9.17) is 11.6 Å². The molecule has 4 nitrogen and oxygen atoms in total. The summed E-state index contributed by atoms with van der Waals surface area (Å²) in [5.74, 6) is 0. The molecule has 2 rings (SSSR count). The molecule has 19 heavy (non-hydrogen) atoms. The number of hydrogen-bond donors (Lipinski definition) is 1. The monoisotopic (exact) mass is 278 g/mol. The molecule has 0 amide bonds. The molecule has 0 spiro atoms. The van der Waals surface area contributed by atoms with Gasteiger partial charge < -0.3 is 5.32 Å². The molecule has 2 aromatic rings. The average molecular weight is 279 g/mol. The van der Waals surface area contributed by atoms with Gasteiger partial charge in [-0.25, -0.2) is 0 Å². The second-order valence-electron chi connectivity index (χ2n) is 4.55. The first-order chi connectivity index (χ1) is 9.13. The molecule has 0 aliphatic heterocycles. The molecule has 0 aromatic carbocycles. The predicted molar refractivity (Wildman–Crippen MR) is 77.3 cm³/mol. The van der Waals surface area contributed by atoms with Crippen LogP contribution in [0.3, 0.4) is 0 Å². The highest BCUT2D eigenvalue weighted by atomic mass is 35.5. The van der Waals surface area contributed by atoms with Gasteiger partial charge in [0.15, 0.2) is 0 Å². The Morgan fingerprint density at radius 1 is 1.42 bits per heavy atom. The number of hydrogen-bond acceptors (Lipinski definition) is 3. The first-order valence-corrected chi connectivity index (χ1v) is 6.83. The van der Waals surface area contributed by atoms with Crippen molar-refractivity contribution in [2.45, 2.75) is 26.3 Å². The molecule has 0 fully saturated rings. The fraction of sp³-hybridized carbons (Fsp3) is 0.429. The van der Waals surface area contributed by atoms with Crippen molar-refractivity contribution in [2.24, 2.45) is 7.05 Å². The van der Waals surface area contributed by atoms with Gasteiger partial charge in [0, 0.05) is 18.8 Å². The van der Waals surface area contributed by atoms with E-state index in [-0.39, 0.29) is 6.04 Å². The maximum absolute atomic E-state index is 6.30. The van der Waals surface area contributed by atoms with Crippen molar-refractivity contribution in [1.29, 1.82) is 0 Å². The van der Waals surface area contributed by atoms with Crippen LogP contribution in [-0.4, -0.2) is 21.3 Å². The minimum absolute atomic E-state index is 0.159. The standard InChI is InChI=1S/C14H19ClN4/c1-4-16-13(12-7-5-6-8-17-12)9-11-10(2)18-19(3)14(11)15/h5-8,13,16H,4,9H2,1-3H3. The molecular formula is C14H19ClN4. The smallest absolute Gasteiger partial charge is 0.130 e. The molecule has 0 saturated carbocycles. The van der Waals surface area contributed by atoms with Crippen LogP contribution in [0.1, 0.15) is 29.9 Å². The summed E-state index contributed by atoms with van der Waals surface area (Å²) in [6, 6.07) is 6.12. The van der Waals surface area contributed by atoms with Crippen molar-refractivity contribution in [3.8, 4) is 0 Å². The quantitative estimate of drug-likeness (QED) is 0.914. The zero-order chi connectivity index (χ0) is 13.8. The highest BCUT2D eigenvalue weighted by Gasteiger charge is 2.18. The Morgan fingerprint density at radius 3 is 2.74 bits per heavy atom. The first-order valence-electron chi connectivity index (χ1n) is 6.45. The molecule has 102 valence electrons. The first kappa shape index (κ1) is 14.0. The predicted octanol–water partition coefficient (Wildman–Crippen LogP) is 2.67. The van der Waals surface area contributed by atoms with E-state index in [1.807, 2.05) is 38.4 Å². The second kappa shape index (κ2) is 6.17. The number of likely N-dealkylation sites (N-methyl/N-ethyl adjacent to an activating group) is 1. The highest BCUT2D eigenvalue weighted by Crippen LogP contribution is 2.24. The van der Waals surface area contributed by atoms with Crippen molar-refractivity contribution in [3.63, 3.8) is 0 Å². The number of pyridine rings is 1. The van der Waals surface area contributed by atoms with Crippen LogP contribution in [0.5, 0.6) is 0 Å². The van der Waals surface area contributed by atoms with Gasteiger partial charge in [0.2, 0.25) is 0 Å². The van der Waals surface area contributed by atoms with E-state index in [2.05, 4.69) is 22.3 Å². The third-order valence-electron chi connectivity index (χ3n) is 3.17. The number of nitrogens with zero attached hydrogens (tertiary/aromatic N) is 3. The Kier molecular flexibility index (Phi) is 4.56. The lowest BCUT2D eigenvalue weighted by molar-refractivity contribution is 0.536. The number of rotatable bonds is 5. The maximum atomic E-state index is 6.30. The Hall–Kier alpha value is -1.39. The van der Waals surface area contributed by atoms with Crippen LogP contribution in [0, 0.1) is 6.92 Å². The third-order valence-corrected chi connectivity index (χ3v) is 3.65. The van der Waals surface area contributed by atoms with E-state index >= 15 is 0 Å². The zero-order valence-corrected chi connectivity index (χ0v) is 12.3. The van der Waals surface area contributed by atoms with Crippen LogP contribution in [0.2, 0.25) is 5.15 Å². The Balaban J connectivity index is 2.26. The molecule has 1 N–H and O–H groups in total. The summed E-state index contributed by atoms with van der Waals surface area (Å²) in [5.41, 5.74) is 3.09. The highest BCUT2D eigenvalue weighted by molar-refractivity contribution is 6.30. The van der Waals surface area contributed by atoms with Gasteiger partial charge in [-0.2, -0.15) is 5.10 Å². The summed E-state index contributed by atoms with van der Waals surface area (Å²) in [6.07, 6.45) is 2.61. The van der Waals surface area contributed by atoms with Crippen LogP contribution >= 0.6 is 11.6 Å². The van der Waals surface area contributed by atoms with Crippen molar-refractivity contribution in [2.75, 3.05) is 6.54 Å². The third kappa shape index (κ3) is 3.14. The molecule has 2 heterocycles. The molecule has 5 heteroatoms. The van der Waals surface area contributed by atoms with Gasteiger partial charge in [0.05, 0.1) is 17.4 Å². The second-order valence-corrected chi connectivity index (χ2v) is 4.91. The molecule has 1 atom stereocenters. The molecule has 0 radical (unpaired) electrons. The SMILES string of the molecule is CCNC(Cc1c(C)nn(C)c1Cl)c1ccccn1. The lowest BCUT2D eigenvalue weighted by Gasteiger charge is -2.17. The minimum Gasteiger partial charge on any atom is -0.309 e. The molecule has 0 saturated heterocycles. The normalized spacial score (nSPS) is 12.6. The minimum atomic E-state index is 0.159. The summed E-state index contributed by atoms with van der Waals surface area (Å²) in [7, 11) is 1.86. The summed E-state index contributed by atoms with van der Waals surface area (Å²) in [4.78, 5) is 4.43. The van der Waals surface area contributed by atoms with Gasteiger partial charge in [0.1, 0.15) is 5.15 Å². The summed E-state index contributed by atoms with van der Waals surface area (Å²) >= 11 is 6.30. The van der Waals surface area contributed by atoms with Gasteiger partial charge >= 0.3 is 0 Å². The lowest BCUT2D eigenvalue weighted by Crippen LogP contribution is -2.24. The van der Waals surface area contributed by atoms with Crippen LogP contribution in [0.25, 0.3) is 0 Å². The fourth-order valence-corrected chi connectivity index (χ4v) is 2.47. The van der Waals surface area contributed by atoms with E-state index in [0.717, 1.165) is 29.9 Å². The summed E-state index contributed by atoms with van der Waals surface area (Å²) in [5, 5.41) is 8.51. The van der Waals surface area contributed by atoms with Gasteiger partial charge in [-0.1, -0.05) is 24.6 Å². The van der Waals surface area contributed by atoms with Gasteiger partial charge in [-0.3, -0.25) is 9.67 Å². The van der Waals surface area contributed by atoms with Crippen molar-refractivity contribution < 1.29 is 0 Å². The maximum Gasteiger partial charge on any atom is 0.130 e.